The normalized spacial score (nSPS) is 14.8. The van der Waals surface area contributed by atoms with Crippen LogP contribution in [-0.2, 0) is 15.6 Å². The lowest BCUT2D eigenvalue weighted by Crippen LogP contribution is -2.10. The van der Waals surface area contributed by atoms with Crippen molar-refractivity contribution in [2.45, 2.75) is 55.6 Å². The van der Waals surface area contributed by atoms with E-state index in [1.807, 2.05) is 19.1 Å². The highest BCUT2D eigenvalue weighted by Gasteiger charge is 2.17. The Morgan fingerprint density at radius 3 is 2.09 bits per heavy atom. The summed E-state index contributed by atoms with van der Waals surface area (Å²) >= 11 is 0. The summed E-state index contributed by atoms with van der Waals surface area (Å²) < 4.78 is 30.8. The van der Waals surface area contributed by atoms with Crippen molar-refractivity contribution in [1.29, 1.82) is 0 Å². The number of ether oxygens (including phenoxy) is 1. The molecule has 0 amide bonds. The standard InChI is InChI=1S/C27H28O4S/c1-20-7-17-26(18-8-20)32(29,30)19-21-9-11-24(12-10-21)27(28)31-25-15-13-23(14-16-25)22-5-3-2-4-6-22/h7-18,22H,2-6,19H2,1H3. The highest BCUT2D eigenvalue weighted by atomic mass is 32.2. The Morgan fingerprint density at radius 2 is 1.47 bits per heavy atom. The number of hydrogen-bond acceptors (Lipinski definition) is 4. The molecule has 1 aliphatic rings. The minimum atomic E-state index is -3.44. The molecule has 0 atom stereocenters. The van der Waals surface area contributed by atoms with E-state index >= 15 is 0 Å². The molecule has 3 aromatic rings. The maximum atomic E-state index is 12.6. The topological polar surface area (TPSA) is 60.4 Å². The lowest BCUT2D eigenvalue weighted by molar-refractivity contribution is 0.0734. The van der Waals surface area contributed by atoms with E-state index in [-0.39, 0.29) is 5.75 Å². The average molecular weight is 449 g/mol. The van der Waals surface area contributed by atoms with Crippen LogP contribution in [0.5, 0.6) is 5.75 Å². The highest BCUT2D eigenvalue weighted by Crippen LogP contribution is 2.33. The van der Waals surface area contributed by atoms with Gasteiger partial charge in [0, 0.05) is 0 Å². The molecule has 3 aromatic carbocycles. The number of benzene rings is 3. The monoisotopic (exact) mass is 448 g/mol. The molecule has 0 unspecified atom stereocenters. The van der Waals surface area contributed by atoms with Crippen molar-refractivity contribution in [2.24, 2.45) is 0 Å². The van der Waals surface area contributed by atoms with Crippen LogP contribution in [-0.4, -0.2) is 14.4 Å². The zero-order valence-corrected chi connectivity index (χ0v) is 19.1. The molecule has 1 saturated carbocycles. The van der Waals surface area contributed by atoms with E-state index < -0.39 is 15.8 Å². The Bertz CT molecular complexity index is 1160. The molecule has 0 radical (unpaired) electrons. The first-order valence-electron chi connectivity index (χ1n) is 11.1. The third-order valence-corrected chi connectivity index (χ3v) is 7.80. The fraction of sp³-hybridized carbons (Fsp3) is 0.296. The zero-order valence-electron chi connectivity index (χ0n) is 18.3. The van der Waals surface area contributed by atoms with Crippen molar-refractivity contribution in [2.75, 3.05) is 0 Å². The van der Waals surface area contributed by atoms with Crippen LogP contribution in [0.25, 0.3) is 0 Å². The Labute approximate surface area is 190 Å². The van der Waals surface area contributed by atoms with Gasteiger partial charge in [0.05, 0.1) is 16.2 Å². The highest BCUT2D eigenvalue weighted by molar-refractivity contribution is 7.90. The number of esters is 1. The molecule has 0 heterocycles. The van der Waals surface area contributed by atoms with Crippen LogP contribution < -0.4 is 4.74 Å². The van der Waals surface area contributed by atoms with Crippen molar-refractivity contribution >= 4 is 15.8 Å². The van der Waals surface area contributed by atoms with E-state index in [2.05, 4.69) is 12.1 Å². The molecule has 1 fully saturated rings. The van der Waals surface area contributed by atoms with Gasteiger partial charge in [0.25, 0.3) is 0 Å². The fourth-order valence-corrected chi connectivity index (χ4v) is 5.54. The van der Waals surface area contributed by atoms with Crippen molar-refractivity contribution in [1.82, 2.24) is 0 Å². The summed E-state index contributed by atoms with van der Waals surface area (Å²) in [5.41, 5.74) is 3.33. The molecule has 1 aliphatic carbocycles. The van der Waals surface area contributed by atoms with Gasteiger partial charge in [-0.3, -0.25) is 0 Å². The Balaban J connectivity index is 1.38. The number of carbonyl (C=O) groups excluding carboxylic acids is 1. The van der Waals surface area contributed by atoms with Gasteiger partial charge >= 0.3 is 5.97 Å². The first-order valence-corrected chi connectivity index (χ1v) is 12.8. The fourth-order valence-electron chi connectivity index (χ4n) is 4.20. The minimum absolute atomic E-state index is 0.117. The van der Waals surface area contributed by atoms with Gasteiger partial charge in [-0.2, -0.15) is 0 Å². The summed E-state index contributed by atoms with van der Waals surface area (Å²) in [6, 6.07) is 21.2. The van der Waals surface area contributed by atoms with E-state index in [9.17, 15) is 13.2 Å². The molecule has 0 bridgehead atoms. The van der Waals surface area contributed by atoms with Crippen LogP contribution in [0.2, 0.25) is 0 Å². The lowest BCUT2D eigenvalue weighted by atomic mass is 9.84. The third kappa shape index (κ3) is 5.46. The molecule has 0 aromatic heterocycles. The largest absolute Gasteiger partial charge is 0.423 e. The maximum Gasteiger partial charge on any atom is 0.343 e. The van der Waals surface area contributed by atoms with Crippen molar-refractivity contribution in [3.05, 3.63) is 95.1 Å². The molecule has 0 N–H and O–H groups in total. The zero-order chi connectivity index (χ0) is 22.6. The van der Waals surface area contributed by atoms with Gasteiger partial charge in [-0.1, -0.05) is 61.2 Å². The van der Waals surface area contributed by atoms with Crippen molar-refractivity contribution in [3.8, 4) is 5.75 Å². The van der Waals surface area contributed by atoms with E-state index in [4.69, 9.17) is 4.74 Å². The molecule has 166 valence electrons. The van der Waals surface area contributed by atoms with Crippen molar-refractivity contribution in [3.63, 3.8) is 0 Å². The Hall–Kier alpha value is -2.92. The summed E-state index contributed by atoms with van der Waals surface area (Å²) in [5.74, 6) is 0.551. The predicted molar refractivity (Wildman–Crippen MR) is 126 cm³/mol. The van der Waals surface area contributed by atoms with E-state index in [0.29, 0.717) is 27.7 Å². The lowest BCUT2D eigenvalue weighted by Gasteiger charge is -2.22. The summed E-state index contributed by atoms with van der Waals surface area (Å²) in [5, 5.41) is 0. The number of sulfone groups is 1. The summed E-state index contributed by atoms with van der Waals surface area (Å²) in [6.07, 6.45) is 6.34. The molecule has 0 saturated heterocycles. The van der Waals surface area contributed by atoms with Crippen LogP contribution in [0.4, 0.5) is 0 Å². The van der Waals surface area contributed by atoms with E-state index in [0.717, 1.165) is 5.56 Å². The number of carbonyl (C=O) groups is 1. The van der Waals surface area contributed by atoms with Crippen LogP contribution in [0.3, 0.4) is 0 Å². The number of hydrogen-bond donors (Lipinski definition) is 0. The number of aryl methyl sites for hydroxylation is 1. The van der Waals surface area contributed by atoms with Gasteiger partial charge in [-0.15, -0.1) is 0 Å². The van der Waals surface area contributed by atoms with Crippen molar-refractivity contribution < 1.29 is 17.9 Å². The molecule has 4 nitrogen and oxygen atoms in total. The van der Waals surface area contributed by atoms with Gasteiger partial charge in [0.1, 0.15) is 5.75 Å². The summed E-state index contributed by atoms with van der Waals surface area (Å²) in [6.45, 7) is 1.92. The first kappa shape index (κ1) is 22.3. The maximum absolute atomic E-state index is 12.6. The second-order valence-electron chi connectivity index (χ2n) is 8.56. The quantitative estimate of drug-likeness (QED) is 0.331. The molecular weight excluding hydrogens is 420 g/mol. The smallest absolute Gasteiger partial charge is 0.343 e. The van der Waals surface area contributed by atoms with E-state index in [1.165, 1.54) is 37.7 Å². The van der Waals surface area contributed by atoms with Gasteiger partial charge in [0.2, 0.25) is 0 Å². The Morgan fingerprint density at radius 1 is 0.844 bits per heavy atom. The molecule has 5 heteroatoms. The number of rotatable bonds is 6. The molecular formula is C27H28O4S. The van der Waals surface area contributed by atoms with Crippen LogP contribution in [0.1, 0.15) is 65.1 Å². The predicted octanol–water partition coefficient (Wildman–Crippen LogP) is 6.24. The summed E-state index contributed by atoms with van der Waals surface area (Å²) in [7, 11) is -3.44. The molecule has 4 rings (SSSR count). The molecule has 32 heavy (non-hydrogen) atoms. The van der Waals surface area contributed by atoms with E-state index in [1.54, 1.807) is 48.5 Å². The van der Waals surface area contributed by atoms with Gasteiger partial charge in [-0.05, 0) is 73.2 Å². The van der Waals surface area contributed by atoms with Gasteiger partial charge in [-0.25, -0.2) is 13.2 Å². The third-order valence-electron chi connectivity index (χ3n) is 6.09. The van der Waals surface area contributed by atoms with Crippen LogP contribution in [0, 0.1) is 6.92 Å². The summed E-state index contributed by atoms with van der Waals surface area (Å²) in [4.78, 5) is 12.8. The Kier molecular flexibility index (Phi) is 6.75. The second kappa shape index (κ2) is 9.70. The van der Waals surface area contributed by atoms with Gasteiger partial charge < -0.3 is 4.74 Å². The van der Waals surface area contributed by atoms with Crippen LogP contribution >= 0.6 is 0 Å². The molecule has 0 aliphatic heterocycles. The van der Waals surface area contributed by atoms with Gasteiger partial charge in [0.15, 0.2) is 9.84 Å². The SMILES string of the molecule is Cc1ccc(S(=O)(=O)Cc2ccc(C(=O)Oc3ccc(C4CCCCC4)cc3)cc2)cc1. The average Bonchev–Trinajstić information content (AvgIpc) is 2.80. The first-order chi connectivity index (χ1) is 15.4. The molecule has 0 spiro atoms. The minimum Gasteiger partial charge on any atom is -0.423 e. The van der Waals surface area contributed by atoms with Crippen LogP contribution in [0.15, 0.2) is 77.7 Å². The second-order valence-corrected chi connectivity index (χ2v) is 10.6.